The SMILES string of the molecule is CCNC(=O)COc1cccc2c1c1c(C(N)=O)cccc1n2Cc1ccccc1.NC(=O)COc1cccc2c1c1c(C(N)=O)cccc1n2Cc1ccccc1.NC(=O)c1cccc2c1c1c(OCC(=O)NCC(=O)O)cccc1n2Cc1ccccc1.NC(=O)c1cccc2c1c1c(OCC(=O)NCC(=O)O)cccc1n2Cc1ccccc1. The Balaban J connectivity index is 0.000000140. The first-order valence-electron chi connectivity index (χ1n) is 38.6. The maximum atomic E-state index is 12.2. The van der Waals surface area contributed by atoms with Gasteiger partial charge in [0.15, 0.2) is 26.4 Å². The number of aromatic nitrogens is 4. The quantitative estimate of drug-likeness (QED) is 0.0208. The van der Waals surface area contributed by atoms with Crippen LogP contribution in [0.25, 0.3) is 87.2 Å². The van der Waals surface area contributed by atoms with Crippen molar-refractivity contribution in [1.82, 2.24) is 34.2 Å². The molecule has 0 aliphatic carbocycles. The van der Waals surface area contributed by atoms with E-state index in [2.05, 4.69) is 46.4 Å². The number of benzene rings is 12. The van der Waals surface area contributed by atoms with Crippen LogP contribution in [0.5, 0.6) is 23.0 Å². The van der Waals surface area contributed by atoms with Gasteiger partial charge in [0.05, 0.1) is 65.7 Å². The minimum Gasteiger partial charge on any atom is -0.483 e. The molecule has 0 aliphatic heterocycles. The van der Waals surface area contributed by atoms with Crippen molar-refractivity contribution in [1.29, 1.82) is 0 Å². The number of fused-ring (bicyclic) bond motifs is 12. The molecule has 616 valence electrons. The van der Waals surface area contributed by atoms with Crippen LogP contribution < -0.4 is 63.6 Å². The highest BCUT2D eigenvalue weighted by atomic mass is 16.5. The fourth-order valence-corrected chi connectivity index (χ4v) is 14.9. The second kappa shape index (κ2) is 38.2. The Hall–Kier alpha value is -16.3. The van der Waals surface area contributed by atoms with Gasteiger partial charge in [0.2, 0.25) is 23.6 Å². The summed E-state index contributed by atoms with van der Waals surface area (Å²) in [5.41, 5.74) is 40.7. The monoisotopic (exact) mass is 1640 g/mol. The van der Waals surface area contributed by atoms with Crippen molar-refractivity contribution in [2.24, 2.45) is 28.7 Å². The van der Waals surface area contributed by atoms with Gasteiger partial charge in [-0.15, -0.1) is 0 Å². The lowest BCUT2D eigenvalue weighted by molar-refractivity contribution is -0.138. The molecule has 12 aromatic carbocycles. The van der Waals surface area contributed by atoms with Crippen LogP contribution in [0.1, 0.15) is 70.6 Å². The number of carbonyl (C=O) groups is 10. The van der Waals surface area contributed by atoms with E-state index in [1.807, 2.05) is 195 Å². The molecule has 16 aromatic rings. The van der Waals surface area contributed by atoms with Gasteiger partial charge >= 0.3 is 11.9 Å². The van der Waals surface area contributed by atoms with Crippen LogP contribution in [0.4, 0.5) is 0 Å². The van der Waals surface area contributed by atoms with E-state index in [-0.39, 0.29) is 32.3 Å². The van der Waals surface area contributed by atoms with Crippen LogP contribution in [-0.4, -0.2) is 134 Å². The van der Waals surface area contributed by atoms with Crippen molar-refractivity contribution in [2.45, 2.75) is 33.1 Å². The number of nitrogens with zero attached hydrogens (tertiary/aromatic N) is 4. The molecule has 16 rings (SSSR count). The molecule has 0 spiro atoms. The van der Waals surface area contributed by atoms with E-state index in [4.69, 9.17) is 57.8 Å². The minimum absolute atomic E-state index is 0.100. The predicted molar refractivity (Wildman–Crippen MR) is 465 cm³/mol. The molecule has 28 nitrogen and oxygen atoms in total. The number of rotatable bonds is 29. The Morgan fingerprint density at radius 3 is 0.697 bits per heavy atom. The molecule has 0 unspecified atom stereocenters. The third-order valence-corrected chi connectivity index (χ3v) is 20.0. The molecule has 28 heteroatoms. The number of ether oxygens (including phenoxy) is 4. The highest BCUT2D eigenvalue weighted by Gasteiger charge is 2.26. The Labute approximate surface area is 696 Å². The molecule has 0 fully saturated rings. The summed E-state index contributed by atoms with van der Waals surface area (Å²) in [6, 6.07) is 83.7. The molecule has 4 heterocycles. The number of carboxylic acid groups (broad SMARTS) is 2. The number of aliphatic carboxylic acids is 2. The zero-order valence-electron chi connectivity index (χ0n) is 66.0. The van der Waals surface area contributed by atoms with E-state index in [9.17, 15) is 47.9 Å². The van der Waals surface area contributed by atoms with E-state index in [0.717, 1.165) is 82.5 Å². The lowest BCUT2D eigenvalue weighted by Crippen LogP contribution is -2.33. The Morgan fingerprint density at radius 1 is 0.270 bits per heavy atom. The van der Waals surface area contributed by atoms with Crippen LogP contribution in [0.2, 0.25) is 0 Å². The summed E-state index contributed by atoms with van der Waals surface area (Å²) in [5, 5.41) is 30.3. The molecule has 0 radical (unpaired) electrons. The largest absolute Gasteiger partial charge is 0.483 e. The summed E-state index contributed by atoms with van der Waals surface area (Å²) < 4.78 is 31.4. The molecule has 4 aromatic heterocycles. The number of nitrogens with two attached hydrogens (primary N) is 5. The van der Waals surface area contributed by atoms with Crippen molar-refractivity contribution in [2.75, 3.05) is 46.1 Å². The average molecular weight is 1640 g/mol. The highest BCUT2D eigenvalue weighted by Crippen LogP contribution is 2.43. The van der Waals surface area contributed by atoms with E-state index in [0.29, 0.717) is 105 Å². The normalized spacial score (nSPS) is 10.9. The third kappa shape index (κ3) is 18.9. The third-order valence-electron chi connectivity index (χ3n) is 20.0. The van der Waals surface area contributed by atoms with Crippen LogP contribution in [0, 0.1) is 0 Å². The van der Waals surface area contributed by atoms with E-state index in [1.54, 1.807) is 66.7 Å². The summed E-state index contributed by atoms with van der Waals surface area (Å²) in [4.78, 5) is 117. The molecular weight excluding hydrogens is 1550 g/mol. The van der Waals surface area contributed by atoms with Gasteiger partial charge in [0.1, 0.15) is 36.1 Å². The highest BCUT2D eigenvalue weighted by molar-refractivity contribution is 6.23. The summed E-state index contributed by atoms with van der Waals surface area (Å²) in [6.07, 6.45) is 0. The molecule has 0 saturated carbocycles. The van der Waals surface area contributed by atoms with Gasteiger partial charge in [-0.3, -0.25) is 47.9 Å². The fourth-order valence-electron chi connectivity index (χ4n) is 14.9. The topological polar surface area (TPSA) is 434 Å². The summed E-state index contributed by atoms with van der Waals surface area (Å²) in [7, 11) is 0. The first-order valence-corrected chi connectivity index (χ1v) is 38.6. The molecule has 0 bridgehead atoms. The van der Waals surface area contributed by atoms with Gasteiger partial charge in [-0.1, -0.05) is 170 Å². The van der Waals surface area contributed by atoms with Crippen LogP contribution in [0.15, 0.2) is 267 Å². The van der Waals surface area contributed by atoms with Gasteiger partial charge in [0.25, 0.3) is 23.6 Å². The van der Waals surface area contributed by atoms with Gasteiger partial charge in [-0.2, -0.15) is 0 Å². The van der Waals surface area contributed by atoms with Gasteiger partial charge in [-0.25, -0.2) is 0 Å². The molecule has 8 amide bonds. The molecule has 0 aliphatic rings. The number of amides is 8. The second-order valence-electron chi connectivity index (χ2n) is 28.1. The van der Waals surface area contributed by atoms with Gasteiger partial charge in [0, 0.05) is 76.5 Å². The van der Waals surface area contributed by atoms with E-state index < -0.39 is 66.4 Å². The van der Waals surface area contributed by atoms with Gasteiger partial charge < -0.3 is 92.0 Å². The minimum atomic E-state index is -1.14. The summed E-state index contributed by atoms with van der Waals surface area (Å²) in [5.74, 6) is -4.49. The Bertz CT molecular complexity index is 6480. The number of primary amides is 5. The molecule has 122 heavy (non-hydrogen) atoms. The number of hydrogen-bond acceptors (Lipinski definition) is 14. The zero-order chi connectivity index (χ0) is 86.1. The molecular formula is C94H84N12O16. The van der Waals surface area contributed by atoms with Crippen molar-refractivity contribution in [3.63, 3.8) is 0 Å². The first-order chi connectivity index (χ1) is 59.1. The van der Waals surface area contributed by atoms with Gasteiger partial charge in [-0.05, 0) is 126 Å². The predicted octanol–water partition coefficient (Wildman–Crippen LogP) is 11.3. The average Bonchev–Trinajstić information content (AvgIpc) is 1.61. The van der Waals surface area contributed by atoms with E-state index >= 15 is 0 Å². The Kier molecular flexibility index (Phi) is 26.2. The summed E-state index contributed by atoms with van der Waals surface area (Å²) in [6.45, 7) is 2.70. The molecule has 15 N–H and O–H groups in total. The standard InChI is InChI=1S/2C24H21N3O5.C24H23N3O3.C22H19N3O3/c2*25-24(31)16-8-4-9-17-22(16)23-18(27(17)13-15-6-2-1-3-7-15)10-5-11-19(23)32-14-20(28)26-12-21(29)30;1-2-26-21(28)15-30-20-13-7-12-19-23(20)22-17(24(25)29)10-6-11-18(22)27(19)14-16-8-4-3-5-9-16;23-19(26)13-28-18-11-5-10-17-21(18)20-15(22(24)27)8-4-9-16(20)25(17)12-14-6-2-1-3-7-14/h2*1-11H,12-14H2,(H2,25,31)(H,26,28)(H,29,30);3-13H,2,14-15H2,1H3,(H2,25,29)(H,26,28);1-11H,12-13H2,(H2,23,26)(H2,24,27). The van der Waals surface area contributed by atoms with Crippen molar-refractivity contribution in [3.8, 4) is 23.0 Å². The number of likely N-dealkylation sites (N-methyl/N-ethyl adjacent to an activating group) is 1. The zero-order valence-corrected chi connectivity index (χ0v) is 66.0. The molecule has 0 saturated heterocycles. The number of nitrogens with one attached hydrogen (secondary N) is 3. The number of carbonyl (C=O) groups excluding carboxylic acids is 8. The lowest BCUT2D eigenvalue weighted by atomic mass is 10.1. The van der Waals surface area contributed by atoms with Crippen LogP contribution >= 0.6 is 0 Å². The second-order valence-corrected chi connectivity index (χ2v) is 28.1. The summed E-state index contributed by atoms with van der Waals surface area (Å²) >= 11 is 0. The first kappa shape index (κ1) is 83.7. The number of hydrogen-bond donors (Lipinski definition) is 10. The fraction of sp³-hybridized carbons (Fsp3) is 0.128. The van der Waals surface area contributed by atoms with Crippen molar-refractivity contribution < 1.29 is 77.1 Å². The van der Waals surface area contributed by atoms with Crippen molar-refractivity contribution in [3.05, 3.63) is 311 Å². The van der Waals surface area contributed by atoms with Crippen molar-refractivity contribution >= 4 is 146 Å². The molecule has 0 atom stereocenters. The lowest BCUT2D eigenvalue weighted by Gasteiger charge is -2.10. The Morgan fingerprint density at radius 2 is 0.484 bits per heavy atom. The van der Waals surface area contributed by atoms with Crippen LogP contribution in [-0.2, 0) is 54.9 Å². The van der Waals surface area contributed by atoms with Crippen LogP contribution in [0.3, 0.4) is 0 Å². The van der Waals surface area contributed by atoms with E-state index in [1.165, 1.54) is 0 Å². The number of carboxylic acids is 2. The maximum Gasteiger partial charge on any atom is 0.322 e. The maximum absolute atomic E-state index is 12.2. The smallest absolute Gasteiger partial charge is 0.322 e.